The normalized spacial score (nSPS) is 11.3. The Bertz CT molecular complexity index is 840. The minimum atomic E-state index is -0.771. The number of anilines is 4. The highest BCUT2D eigenvalue weighted by atomic mass is 16.1. The summed E-state index contributed by atoms with van der Waals surface area (Å²) in [6.07, 6.45) is 1.83. The topological polar surface area (TPSA) is 156 Å². The standard InChI is InChI=1S/C16H19N7O3/c1-9(8-24)23(18)15-13(14(17)26)7-19-16(22-15)21-12-5-3-4-11(6-12)20-10(2)25/h3-9H,18H2,1-2H3,(H2,17,26)(H,20,25)(H,19,21,22). The summed E-state index contributed by atoms with van der Waals surface area (Å²) in [6, 6.07) is 6.16. The summed E-state index contributed by atoms with van der Waals surface area (Å²) in [5, 5.41) is 6.63. The van der Waals surface area contributed by atoms with Crippen LogP contribution in [0.3, 0.4) is 0 Å². The van der Waals surface area contributed by atoms with Gasteiger partial charge in [-0.25, -0.2) is 10.8 Å². The first-order valence-corrected chi connectivity index (χ1v) is 7.62. The summed E-state index contributed by atoms with van der Waals surface area (Å²) in [5.41, 5.74) is 6.49. The predicted molar refractivity (Wildman–Crippen MR) is 96.8 cm³/mol. The fourth-order valence-corrected chi connectivity index (χ4v) is 2.07. The lowest BCUT2D eigenvalue weighted by Crippen LogP contribution is -2.42. The van der Waals surface area contributed by atoms with E-state index >= 15 is 0 Å². The van der Waals surface area contributed by atoms with Gasteiger partial charge in [-0.05, 0) is 25.1 Å². The number of benzene rings is 1. The van der Waals surface area contributed by atoms with E-state index in [9.17, 15) is 14.4 Å². The van der Waals surface area contributed by atoms with Crippen LogP contribution in [0.1, 0.15) is 24.2 Å². The van der Waals surface area contributed by atoms with Crippen LogP contribution in [0.25, 0.3) is 0 Å². The van der Waals surface area contributed by atoms with Gasteiger partial charge in [0.1, 0.15) is 11.8 Å². The van der Waals surface area contributed by atoms with E-state index in [2.05, 4.69) is 20.6 Å². The third-order valence-corrected chi connectivity index (χ3v) is 3.35. The van der Waals surface area contributed by atoms with Crippen LogP contribution in [-0.2, 0) is 9.59 Å². The molecule has 0 aliphatic rings. The highest BCUT2D eigenvalue weighted by Gasteiger charge is 2.20. The molecule has 2 rings (SSSR count). The molecule has 1 aromatic heterocycles. The molecule has 10 nitrogen and oxygen atoms in total. The number of hydrazine groups is 1. The maximum absolute atomic E-state index is 11.6. The maximum atomic E-state index is 11.6. The van der Waals surface area contributed by atoms with Gasteiger partial charge in [0, 0.05) is 24.5 Å². The number of hydrogen-bond donors (Lipinski definition) is 4. The minimum absolute atomic E-state index is 0.0150. The molecule has 0 bridgehead atoms. The van der Waals surface area contributed by atoms with E-state index in [1.807, 2.05) is 0 Å². The number of nitrogens with two attached hydrogens (primary N) is 2. The monoisotopic (exact) mass is 357 g/mol. The Hall–Kier alpha value is -3.53. The summed E-state index contributed by atoms with van der Waals surface area (Å²) in [5.74, 6) is 5.04. The third-order valence-electron chi connectivity index (χ3n) is 3.35. The Morgan fingerprint density at radius 2 is 2.00 bits per heavy atom. The van der Waals surface area contributed by atoms with Crippen LogP contribution < -0.4 is 27.2 Å². The van der Waals surface area contributed by atoms with E-state index < -0.39 is 11.9 Å². The molecule has 0 saturated heterocycles. The van der Waals surface area contributed by atoms with Crippen LogP contribution in [0.2, 0.25) is 0 Å². The lowest BCUT2D eigenvalue weighted by molar-refractivity contribution is -0.114. The molecule has 136 valence electrons. The van der Waals surface area contributed by atoms with Crippen LogP contribution in [0.5, 0.6) is 0 Å². The Labute approximate surface area is 149 Å². The van der Waals surface area contributed by atoms with E-state index in [1.165, 1.54) is 13.1 Å². The number of amides is 2. The number of hydrogen-bond acceptors (Lipinski definition) is 8. The Balaban J connectivity index is 2.34. The second kappa shape index (κ2) is 8.03. The molecule has 0 saturated carbocycles. The number of carbonyl (C=O) groups is 3. The molecular formula is C16H19N7O3. The van der Waals surface area contributed by atoms with Gasteiger partial charge in [-0.1, -0.05) is 6.07 Å². The molecule has 0 radical (unpaired) electrons. The zero-order valence-corrected chi connectivity index (χ0v) is 14.3. The van der Waals surface area contributed by atoms with Crippen molar-refractivity contribution >= 4 is 41.2 Å². The van der Waals surface area contributed by atoms with Gasteiger partial charge in [-0.3, -0.25) is 14.6 Å². The summed E-state index contributed by atoms with van der Waals surface area (Å²) in [7, 11) is 0. The Kier molecular flexibility index (Phi) is 5.81. The number of aromatic nitrogens is 2. The molecule has 0 aliphatic carbocycles. The second-order valence-corrected chi connectivity index (χ2v) is 5.47. The molecule has 0 fully saturated rings. The Morgan fingerprint density at radius 1 is 1.31 bits per heavy atom. The zero-order chi connectivity index (χ0) is 19.3. The van der Waals surface area contributed by atoms with Crippen molar-refractivity contribution in [1.82, 2.24) is 9.97 Å². The van der Waals surface area contributed by atoms with Gasteiger partial charge >= 0.3 is 0 Å². The molecule has 2 amide bonds. The number of nitrogens with one attached hydrogen (secondary N) is 2. The molecule has 2 aromatic rings. The van der Waals surface area contributed by atoms with Gasteiger partial charge in [0.25, 0.3) is 5.91 Å². The SMILES string of the molecule is CC(=O)Nc1cccc(Nc2ncc(C(N)=O)c(N(N)C(C)C=O)n2)c1. The number of carbonyl (C=O) groups excluding carboxylic acids is 3. The van der Waals surface area contributed by atoms with E-state index in [0.717, 1.165) is 5.01 Å². The summed E-state index contributed by atoms with van der Waals surface area (Å²) in [4.78, 5) is 41.9. The van der Waals surface area contributed by atoms with Crippen molar-refractivity contribution in [3.8, 4) is 0 Å². The van der Waals surface area contributed by atoms with Gasteiger partial charge in [0.15, 0.2) is 5.82 Å². The first kappa shape index (κ1) is 18.8. The van der Waals surface area contributed by atoms with Crippen molar-refractivity contribution in [2.45, 2.75) is 19.9 Å². The number of primary amides is 1. The fourth-order valence-electron chi connectivity index (χ4n) is 2.07. The fraction of sp³-hybridized carbons (Fsp3) is 0.188. The molecular weight excluding hydrogens is 338 g/mol. The van der Waals surface area contributed by atoms with Crippen LogP contribution >= 0.6 is 0 Å². The van der Waals surface area contributed by atoms with Gasteiger partial charge < -0.3 is 21.2 Å². The smallest absolute Gasteiger partial charge is 0.254 e. The average molecular weight is 357 g/mol. The van der Waals surface area contributed by atoms with Crippen LogP contribution in [0.4, 0.5) is 23.1 Å². The lowest BCUT2D eigenvalue weighted by atomic mass is 10.2. The summed E-state index contributed by atoms with van der Waals surface area (Å²) >= 11 is 0. The zero-order valence-electron chi connectivity index (χ0n) is 14.3. The molecule has 1 heterocycles. The molecule has 0 aliphatic heterocycles. The van der Waals surface area contributed by atoms with Gasteiger partial charge in [-0.2, -0.15) is 4.98 Å². The number of rotatable bonds is 7. The molecule has 1 atom stereocenters. The summed E-state index contributed by atoms with van der Waals surface area (Å²) in [6.45, 7) is 2.95. The Morgan fingerprint density at radius 3 is 2.62 bits per heavy atom. The summed E-state index contributed by atoms with van der Waals surface area (Å²) < 4.78 is 0. The molecule has 10 heteroatoms. The number of aldehydes is 1. The van der Waals surface area contributed by atoms with Crippen molar-refractivity contribution in [2.75, 3.05) is 15.6 Å². The van der Waals surface area contributed by atoms with Crippen LogP contribution in [-0.4, -0.2) is 34.1 Å². The van der Waals surface area contributed by atoms with Crippen molar-refractivity contribution in [2.24, 2.45) is 11.6 Å². The minimum Gasteiger partial charge on any atom is -0.365 e. The van der Waals surface area contributed by atoms with Gasteiger partial charge in [0.2, 0.25) is 11.9 Å². The van der Waals surface area contributed by atoms with Crippen molar-refractivity contribution in [1.29, 1.82) is 0 Å². The number of nitrogens with zero attached hydrogens (tertiary/aromatic N) is 3. The second-order valence-electron chi connectivity index (χ2n) is 5.47. The molecule has 26 heavy (non-hydrogen) atoms. The lowest BCUT2D eigenvalue weighted by Gasteiger charge is -2.22. The van der Waals surface area contributed by atoms with Gasteiger partial charge in [-0.15, -0.1) is 0 Å². The maximum Gasteiger partial charge on any atom is 0.254 e. The first-order valence-electron chi connectivity index (χ1n) is 7.62. The predicted octanol–water partition coefficient (Wildman–Crippen LogP) is 0.545. The highest BCUT2D eigenvalue weighted by molar-refractivity contribution is 5.98. The van der Waals surface area contributed by atoms with Crippen molar-refractivity contribution < 1.29 is 14.4 Å². The molecule has 6 N–H and O–H groups in total. The van der Waals surface area contributed by atoms with E-state index in [0.29, 0.717) is 17.7 Å². The van der Waals surface area contributed by atoms with Crippen molar-refractivity contribution in [3.05, 3.63) is 36.0 Å². The van der Waals surface area contributed by atoms with E-state index in [4.69, 9.17) is 11.6 Å². The highest BCUT2D eigenvalue weighted by Crippen LogP contribution is 2.22. The average Bonchev–Trinajstić information content (AvgIpc) is 2.59. The quantitative estimate of drug-likeness (QED) is 0.318. The van der Waals surface area contributed by atoms with E-state index in [1.54, 1.807) is 31.2 Å². The molecule has 0 spiro atoms. The van der Waals surface area contributed by atoms with Crippen LogP contribution in [0, 0.1) is 0 Å². The molecule has 1 aromatic carbocycles. The third kappa shape index (κ3) is 4.51. The largest absolute Gasteiger partial charge is 0.365 e. The first-order chi connectivity index (χ1) is 12.3. The van der Waals surface area contributed by atoms with Crippen LogP contribution in [0.15, 0.2) is 30.5 Å². The van der Waals surface area contributed by atoms with Gasteiger partial charge in [0.05, 0.1) is 6.04 Å². The van der Waals surface area contributed by atoms with E-state index in [-0.39, 0.29) is 23.2 Å². The molecule has 1 unspecified atom stereocenters. The van der Waals surface area contributed by atoms with Crippen molar-refractivity contribution in [3.63, 3.8) is 0 Å².